The lowest BCUT2D eigenvalue weighted by atomic mass is 10.1. The molecule has 0 saturated carbocycles. The fourth-order valence-corrected chi connectivity index (χ4v) is 9.81. The SMILES string of the molecule is CCCCCCCCCCOCc1ccsc1-c1ccc(-c2ccc(-c3sccc3COCCCCCCCCCC)s2)s1. The summed E-state index contributed by atoms with van der Waals surface area (Å²) in [5, 5.41) is 4.42. The maximum Gasteiger partial charge on any atom is 0.0731 e. The number of hydrogen-bond acceptors (Lipinski definition) is 6. The molecular formula is C38H54O2S4. The molecule has 4 aromatic rings. The van der Waals surface area contributed by atoms with Crippen molar-refractivity contribution in [3.8, 4) is 29.3 Å². The monoisotopic (exact) mass is 670 g/mol. The Kier molecular flexibility index (Phi) is 17.4. The zero-order chi connectivity index (χ0) is 30.7. The first-order valence-electron chi connectivity index (χ1n) is 17.3. The average Bonchev–Trinajstić information content (AvgIpc) is 3.85. The van der Waals surface area contributed by atoms with Crippen LogP contribution >= 0.6 is 45.3 Å². The van der Waals surface area contributed by atoms with E-state index < -0.39 is 0 Å². The van der Waals surface area contributed by atoms with Crippen molar-refractivity contribution in [2.45, 2.75) is 130 Å². The van der Waals surface area contributed by atoms with Gasteiger partial charge in [0.05, 0.1) is 13.2 Å². The molecule has 0 aliphatic rings. The van der Waals surface area contributed by atoms with E-state index in [1.807, 2.05) is 45.3 Å². The van der Waals surface area contributed by atoms with E-state index in [-0.39, 0.29) is 0 Å². The Hall–Kier alpha value is -1.28. The quantitative estimate of drug-likeness (QED) is 0.0653. The lowest BCUT2D eigenvalue weighted by Crippen LogP contribution is -1.95. The predicted molar refractivity (Wildman–Crippen MR) is 199 cm³/mol. The summed E-state index contributed by atoms with van der Waals surface area (Å²) in [4.78, 5) is 8.12. The number of ether oxygens (including phenoxy) is 2. The van der Waals surface area contributed by atoms with Crippen LogP contribution in [-0.2, 0) is 22.7 Å². The van der Waals surface area contributed by atoms with Crippen LogP contribution in [0.4, 0.5) is 0 Å². The summed E-state index contributed by atoms with van der Waals surface area (Å²) in [6.07, 6.45) is 21.4. The molecule has 0 aliphatic heterocycles. The molecule has 0 atom stereocenters. The van der Waals surface area contributed by atoms with E-state index in [0.717, 1.165) is 13.2 Å². The lowest BCUT2D eigenvalue weighted by Gasteiger charge is -2.05. The number of rotatable bonds is 25. The molecule has 0 bridgehead atoms. The minimum atomic E-state index is 0.716. The van der Waals surface area contributed by atoms with Crippen LogP contribution in [-0.4, -0.2) is 13.2 Å². The van der Waals surface area contributed by atoms with Gasteiger partial charge in [0.2, 0.25) is 0 Å². The van der Waals surface area contributed by atoms with Crippen molar-refractivity contribution in [1.29, 1.82) is 0 Å². The van der Waals surface area contributed by atoms with Gasteiger partial charge >= 0.3 is 0 Å². The topological polar surface area (TPSA) is 18.5 Å². The number of hydrogen-bond donors (Lipinski definition) is 0. The molecule has 0 aliphatic carbocycles. The molecule has 4 rings (SSSR count). The van der Waals surface area contributed by atoms with Gasteiger partial charge in [-0.3, -0.25) is 0 Å². The molecule has 0 saturated heterocycles. The first kappa shape index (κ1) is 35.6. The molecule has 0 radical (unpaired) electrons. The van der Waals surface area contributed by atoms with Gasteiger partial charge in [-0.15, -0.1) is 45.3 Å². The highest BCUT2D eigenvalue weighted by atomic mass is 32.1. The zero-order valence-corrected chi connectivity index (χ0v) is 30.5. The highest BCUT2D eigenvalue weighted by molar-refractivity contribution is 7.28. The molecule has 6 heteroatoms. The van der Waals surface area contributed by atoms with Gasteiger partial charge in [-0.2, -0.15) is 0 Å². The molecule has 0 aromatic carbocycles. The van der Waals surface area contributed by atoms with Crippen molar-refractivity contribution in [3.05, 3.63) is 58.3 Å². The smallest absolute Gasteiger partial charge is 0.0731 e. The lowest BCUT2D eigenvalue weighted by molar-refractivity contribution is 0.117. The van der Waals surface area contributed by atoms with Gasteiger partial charge < -0.3 is 9.47 Å². The summed E-state index contributed by atoms with van der Waals surface area (Å²) in [5.41, 5.74) is 2.65. The summed E-state index contributed by atoms with van der Waals surface area (Å²) in [6, 6.07) is 13.7. The second-order valence-corrected chi connectivity index (χ2v) is 15.9. The molecule has 0 fully saturated rings. The summed E-state index contributed by atoms with van der Waals surface area (Å²) in [7, 11) is 0. The fraction of sp³-hybridized carbons (Fsp3) is 0.579. The Labute approximate surface area is 283 Å². The molecule has 242 valence electrons. The van der Waals surface area contributed by atoms with Crippen molar-refractivity contribution in [2.24, 2.45) is 0 Å². The standard InChI is InChI=1S/C38H54O2S4/c1-3-5-7-9-11-13-15-17-25-39-29-31-23-27-41-37(31)35-21-19-33(43-35)34-20-22-36(44-34)38-32(24-28-42-38)30-40-26-18-16-14-12-10-8-6-4-2/h19-24,27-28H,3-18,25-26,29-30H2,1-2H3. The van der Waals surface area contributed by atoms with Crippen molar-refractivity contribution in [2.75, 3.05) is 13.2 Å². The van der Waals surface area contributed by atoms with Crippen LogP contribution in [0.1, 0.15) is 128 Å². The van der Waals surface area contributed by atoms with Crippen LogP contribution in [0.3, 0.4) is 0 Å². The van der Waals surface area contributed by atoms with Crippen LogP contribution in [0.5, 0.6) is 0 Å². The molecule has 4 aromatic heterocycles. The van der Waals surface area contributed by atoms with Gasteiger partial charge in [-0.05, 0) is 71.1 Å². The third kappa shape index (κ3) is 12.1. The van der Waals surface area contributed by atoms with Gasteiger partial charge in [-0.25, -0.2) is 0 Å². The largest absolute Gasteiger partial charge is 0.377 e. The maximum absolute atomic E-state index is 6.11. The first-order valence-corrected chi connectivity index (χ1v) is 20.7. The Morgan fingerprint density at radius 3 is 1.20 bits per heavy atom. The van der Waals surface area contributed by atoms with Crippen LogP contribution < -0.4 is 0 Å². The Morgan fingerprint density at radius 2 is 0.795 bits per heavy atom. The summed E-state index contributed by atoms with van der Waals surface area (Å²) >= 11 is 7.48. The van der Waals surface area contributed by atoms with E-state index in [9.17, 15) is 0 Å². The van der Waals surface area contributed by atoms with E-state index in [2.05, 4.69) is 61.0 Å². The van der Waals surface area contributed by atoms with Crippen LogP contribution in [0.25, 0.3) is 29.3 Å². The van der Waals surface area contributed by atoms with Gasteiger partial charge in [0.25, 0.3) is 0 Å². The van der Waals surface area contributed by atoms with Crippen molar-refractivity contribution < 1.29 is 9.47 Å². The van der Waals surface area contributed by atoms with Gasteiger partial charge in [-0.1, -0.05) is 104 Å². The van der Waals surface area contributed by atoms with E-state index in [1.54, 1.807) is 0 Å². The number of unbranched alkanes of at least 4 members (excludes halogenated alkanes) is 14. The van der Waals surface area contributed by atoms with Crippen molar-refractivity contribution in [3.63, 3.8) is 0 Å². The summed E-state index contributed by atoms with van der Waals surface area (Å²) < 4.78 is 12.2. The summed E-state index contributed by atoms with van der Waals surface area (Å²) in [5.74, 6) is 0. The van der Waals surface area contributed by atoms with Gasteiger partial charge in [0, 0.05) is 42.5 Å². The normalized spacial score (nSPS) is 11.6. The fourth-order valence-electron chi connectivity index (χ4n) is 5.56. The van der Waals surface area contributed by atoms with Crippen molar-refractivity contribution in [1.82, 2.24) is 0 Å². The second-order valence-electron chi connectivity index (χ2n) is 11.9. The van der Waals surface area contributed by atoms with Crippen LogP contribution in [0.15, 0.2) is 47.2 Å². The molecule has 0 N–H and O–H groups in total. The molecular weight excluding hydrogens is 617 g/mol. The average molecular weight is 671 g/mol. The van der Waals surface area contributed by atoms with E-state index in [0.29, 0.717) is 13.2 Å². The van der Waals surface area contributed by atoms with E-state index >= 15 is 0 Å². The molecule has 4 heterocycles. The highest BCUT2D eigenvalue weighted by Crippen LogP contribution is 2.44. The minimum absolute atomic E-state index is 0.716. The molecule has 44 heavy (non-hydrogen) atoms. The Bertz CT molecular complexity index is 1180. The minimum Gasteiger partial charge on any atom is -0.377 e. The molecule has 2 nitrogen and oxygen atoms in total. The van der Waals surface area contributed by atoms with Crippen molar-refractivity contribution >= 4 is 45.3 Å². The predicted octanol–water partition coefficient (Wildman–Crippen LogP) is 14.2. The summed E-state index contributed by atoms with van der Waals surface area (Å²) in [6.45, 7) is 7.73. The second kappa shape index (κ2) is 21.5. The molecule has 0 unspecified atom stereocenters. The third-order valence-electron chi connectivity index (χ3n) is 8.20. The van der Waals surface area contributed by atoms with Gasteiger partial charge in [0.15, 0.2) is 0 Å². The third-order valence-corrected chi connectivity index (χ3v) is 12.8. The Balaban J connectivity index is 1.19. The maximum atomic E-state index is 6.11. The first-order chi connectivity index (χ1) is 21.8. The molecule has 0 spiro atoms. The molecule has 0 amide bonds. The van der Waals surface area contributed by atoms with E-state index in [1.165, 1.54) is 143 Å². The zero-order valence-electron chi connectivity index (χ0n) is 27.2. The van der Waals surface area contributed by atoms with Gasteiger partial charge in [0.1, 0.15) is 0 Å². The highest BCUT2D eigenvalue weighted by Gasteiger charge is 2.15. The van der Waals surface area contributed by atoms with E-state index in [4.69, 9.17) is 9.47 Å². The number of thiophene rings is 4. The van der Waals surface area contributed by atoms with Crippen LogP contribution in [0, 0.1) is 0 Å². The van der Waals surface area contributed by atoms with Crippen LogP contribution in [0.2, 0.25) is 0 Å². The Morgan fingerprint density at radius 1 is 0.432 bits per heavy atom.